The number of halogens is 1. The van der Waals surface area contributed by atoms with Gasteiger partial charge in [-0.15, -0.1) is 0 Å². The predicted octanol–water partition coefficient (Wildman–Crippen LogP) is 3.07. The maximum atomic E-state index is 10.3. The van der Waals surface area contributed by atoms with Crippen molar-refractivity contribution < 1.29 is 42.7 Å². The molecule has 0 bridgehead atoms. The average Bonchev–Trinajstić information content (AvgIpc) is 2.36. The van der Waals surface area contributed by atoms with Crippen molar-refractivity contribution >= 4 is 20.3 Å². The monoisotopic (exact) mass is 460 g/mol. The van der Waals surface area contributed by atoms with Gasteiger partial charge in [0.25, 0.3) is 0 Å². The van der Waals surface area contributed by atoms with Crippen LogP contribution in [0.25, 0.3) is 6.08 Å². The van der Waals surface area contributed by atoms with E-state index in [1.54, 1.807) is 25.3 Å². The Kier molecular flexibility index (Phi) is 9.78. The minimum atomic E-state index is -0.982. The van der Waals surface area contributed by atoms with Crippen LogP contribution in [0.15, 0.2) is 24.3 Å². The van der Waals surface area contributed by atoms with Crippen LogP contribution in [-0.4, -0.2) is 25.3 Å². The summed E-state index contributed by atoms with van der Waals surface area (Å²) in [4.78, 5) is 10.3. The van der Waals surface area contributed by atoms with Gasteiger partial charge < -0.3 is 14.6 Å². The summed E-state index contributed by atoms with van der Waals surface area (Å²) >= 11 is -0.611. The summed E-state index contributed by atoms with van der Waals surface area (Å²) in [6.07, 6.45) is 2.56. The van der Waals surface area contributed by atoms with Crippen LogP contribution in [0.4, 0.5) is 0 Å². The standard InChI is InChI=1S/C11H12O4.CH3.ClH.Hg/c1-14-9-5-3-8(4-6-11(12)13)7-10(9)15-2;;;/h3-7H,1-2H3,(H,12,13);1H3;1H;/q;;;+1/p-1. The van der Waals surface area contributed by atoms with Gasteiger partial charge in [0, 0.05) is 6.08 Å². The molecule has 0 fully saturated rings. The number of carboxylic acid groups (broad SMARTS) is 1. The number of carbonyl (C=O) groups is 1. The van der Waals surface area contributed by atoms with E-state index >= 15 is 0 Å². The number of methoxy groups -OCH3 is 2. The van der Waals surface area contributed by atoms with E-state index < -0.39 is 29.3 Å². The first-order valence-corrected chi connectivity index (χ1v) is 17.5. The summed E-state index contributed by atoms with van der Waals surface area (Å²) in [5.41, 5.74) is 0.745. The van der Waals surface area contributed by atoms with Gasteiger partial charge in [-0.05, 0) is 23.8 Å². The molecule has 0 heterocycles. The third-order valence-corrected chi connectivity index (χ3v) is 1.83. The molecule has 0 unspecified atom stereocenters. The number of aliphatic carboxylic acids is 1. The van der Waals surface area contributed by atoms with E-state index in [9.17, 15) is 4.79 Å². The number of carboxylic acids is 1. The fraction of sp³-hybridized carbons (Fsp3) is 0.250. The second-order valence-corrected chi connectivity index (χ2v) is 9.82. The Morgan fingerprint density at radius 2 is 1.89 bits per heavy atom. The van der Waals surface area contributed by atoms with Crippen LogP contribution in [-0.2, 0) is 28.1 Å². The van der Waals surface area contributed by atoms with Gasteiger partial charge in [-0.1, -0.05) is 6.07 Å². The van der Waals surface area contributed by atoms with E-state index in [0.717, 1.165) is 11.6 Å². The second kappa shape index (κ2) is 10.2. The first-order valence-electron chi connectivity index (χ1n) is 5.28. The third-order valence-electron chi connectivity index (χ3n) is 1.83. The predicted molar refractivity (Wildman–Crippen MR) is 67.9 cm³/mol. The van der Waals surface area contributed by atoms with Crippen molar-refractivity contribution in [1.82, 2.24) is 0 Å². The van der Waals surface area contributed by atoms with Crippen LogP contribution >= 0.6 is 8.25 Å². The third kappa shape index (κ3) is 6.86. The van der Waals surface area contributed by atoms with Gasteiger partial charge in [0.15, 0.2) is 11.5 Å². The molecule has 4 nitrogen and oxygen atoms in total. The molecule has 0 atom stereocenters. The molecule has 96 valence electrons. The molecular formula is C12H15ClHgO4. The molecule has 0 saturated heterocycles. The van der Waals surface area contributed by atoms with E-state index in [1.807, 2.05) is 0 Å². The summed E-state index contributed by atoms with van der Waals surface area (Å²) in [5.74, 6) is 0.208. The molecule has 0 spiro atoms. The van der Waals surface area contributed by atoms with Crippen LogP contribution in [0.1, 0.15) is 5.56 Å². The van der Waals surface area contributed by atoms with Crippen LogP contribution in [0.5, 0.6) is 11.5 Å². The Labute approximate surface area is 122 Å². The SMILES string of the molecule is COc1ccc(C=CC(=O)O)cc1OC.[CH3][Hg][Cl]. The van der Waals surface area contributed by atoms with Crippen LogP contribution < -0.4 is 9.47 Å². The van der Waals surface area contributed by atoms with Gasteiger partial charge in [0.2, 0.25) is 0 Å². The van der Waals surface area contributed by atoms with Crippen molar-refractivity contribution in [2.75, 3.05) is 14.2 Å². The quantitative estimate of drug-likeness (QED) is 0.556. The zero-order chi connectivity index (χ0) is 14.0. The van der Waals surface area contributed by atoms with Crippen LogP contribution in [0.3, 0.4) is 0 Å². The zero-order valence-electron chi connectivity index (χ0n) is 10.6. The zero-order valence-corrected chi connectivity index (χ0v) is 16.9. The van der Waals surface area contributed by atoms with Gasteiger partial charge in [-0.25, -0.2) is 4.79 Å². The molecule has 0 aliphatic rings. The summed E-state index contributed by atoms with van der Waals surface area (Å²) in [7, 11) is 8.30. The molecule has 0 amide bonds. The van der Waals surface area contributed by atoms with Crippen LogP contribution in [0.2, 0.25) is 4.43 Å². The molecule has 6 heteroatoms. The molecule has 1 aromatic rings. The molecule has 0 aliphatic carbocycles. The molecule has 0 aliphatic heterocycles. The molecule has 0 aromatic heterocycles. The van der Waals surface area contributed by atoms with E-state index in [-0.39, 0.29) is 0 Å². The average molecular weight is 459 g/mol. The first kappa shape index (κ1) is 17.3. The fourth-order valence-electron chi connectivity index (χ4n) is 1.12. The molecule has 1 aromatic carbocycles. The number of hydrogen-bond donors (Lipinski definition) is 1. The van der Waals surface area contributed by atoms with Crippen molar-refractivity contribution in [1.29, 1.82) is 0 Å². The topological polar surface area (TPSA) is 55.8 Å². The van der Waals surface area contributed by atoms with E-state index in [4.69, 9.17) is 22.8 Å². The molecule has 18 heavy (non-hydrogen) atoms. The summed E-state index contributed by atoms with van der Waals surface area (Å²) < 4.78 is 12.2. The Bertz CT molecular complexity index is 407. The molecule has 1 rings (SSSR count). The van der Waals surface area contributed by atoms with Gasteiger partial charge in [0.1, 0.15) is 0 Å². The molecule has 1 N–H and O–H groups in total. The number of rotatable bonds is 4. The summed E-state index contributed by atoms with van der Waals surface area (Å²) in [6, 6.07) is 5.18. The van der Waals surface area contributed by atoms with Gasteiger partial charge >= 0.3 is 42.0 Å². The number of benzene rings is 1. The minimum absolute atomic E-state index is 0.574. The molecular weight excluding hydrogens is 444 g/mol. The van der Waals surface area contributed by atoms with Crippen LogP contribution in [0, 0.1) is 0 Å². The Hall–Kier alpha value is -0.745. The summed E-state index contributed by atoms with van der Waals surface area (Å²) in [6.45, 7) is 0. The fourth-order valence-corrected chi connectivity index (χ4v) is 1.12. The van der Waals surface area contributed by atoms with E-state index in [2.05, 4.69) is 4.43 Å². The Morgan fingerprint density at radius 1 is 1.33 bits per heavy atom. The van der Waals surface area contributed by atoms with Crippen molar-refractivity contribution in [3.63, 3.8) is 0 Å². The number of hydrogen-bond acceptors (Lipinski definition) is 3. The van der Waals surface area contributed by atoms with Gasteiger partial charge in [-0.3, -0.25) is 0 Å². The van der Waals surface area contributed by atoms with Gasteiger partial charge in [0.05, 0.1) is 14.2 Å². The van der Waals surface area contributed by atoms with Crippen molar-refractivity contribution in [3.05, 3.63) is 29.8 Å². The second-order valence-electron chi connectivity index (χ2n) is 3.05. The van der Waals surface area contributed by atoms with E-state index in [1.165, 1.54) is 13.2 Å². The molecule has 0 radical (unpaired) electrons. The Balaban J connectivity index is 0.000000873. The molecule has 0 saturated carbocycles. The Morgan fingerprint density at radius 3 is 2.33 bits per heavy atom. The normalized spacial score (nSPS) is 9.11. The summed E-state index contributed by atoms with van der Waals surface area (Å²) in [5, 5.41) is 8.46. The van der Waals surface area contributed by atoms with Crippen molar-refractivity contribution in [3.8, 4) is 11.5 Å². The number of ether oxygens (including phenoxy) is 2. The van der Waals surface area contributed by atoms with E-state index in [0.29, 0.717) is 11.5 Å². The van der Waals surface area contributed by atoms with Crippen molar-refractivity contribution in [2.45, 2.75) is 4.43 Å². The maximum absolute atomic E-state index is 10.3. The van der Waals surface area contributed by atoms with Crippen molar-refractivity contribution in [2.24, 2.45) is 0 Å². The first-order chi connectivity index (χ1) is 8.58. The van der Waals surface area contributed by atoms with Gasteiger partial charge in [-0.2, -0.15) is 0 Å².